The monoisotopic (exact) mass is 271 g/mol. The zero-order valence-electron chi connectivity index (χ0n) is 12.6. The molecule has 0 spiro atoms. The predicted molar refractivity (Wildman–Crippen MR) is 80.9 cm³/mol. The minimum absolute atomic E-state index is 0.0956. The Kier molecular flexibility index (Phi) is 2.77. The van der Waals surface area contributed by atoms with Crippen LogP contribution in [0.15, 0.2) is 18.2 Å². The van der Waals surface area contributed by atoms with Gasteiger partial charge < -0.3 is 10.0 Å². The lowest BCUT2D eigenvalue weighted by molar-refractivity contribution is -0.0392. The molecular weight excluding hydrogens is 246 g/mol. The van der Waals surface area contributed by atoms with Gasteiger partial charge >= 0.3 is 0 Å². The van der Waals surface area contributed by atoms with Crippen molar-refractivity contribution in [3.05, 3.63) is 34.9 Å². The van der Waals surface area contributed by atoms with Gasteiger partial charge in [-0.1, -0.05) is 23.8 Å². The van der Waals surface area contributed by atoms with Gasteiger partial charge in [0.2, 0.25) is 0 Å². The van der Waals surface area contributed by atoms with Gasteiger partial charge in [-0.25, -0.2) is 0 Å². The summed E-state index contributed by atoms with van der Waals surface area (Å²) in [4.78, 5) is 2.57. The molecule has 2 nitrogen and oxygen atoms in total. The number of hydrogen-bond donors (Lipinski definition) is 1. The van der Waals surface area contributed by atoms with E-state index in [0.29, 0.717) is 6.04 Å². The number of piperidine rings is 1. The van der Waals surface area contributed by atoms with Crippen LogP contribution in [-0.2, 0) is 11.8 Å². The first kappa shape index (κ1) is 12.8. The van der Waals surface area contributed by atoms with E-state index in [9.17, 15) is 5.11 Å². The van der Waals surface area contributed by atoms with Crippen molar-refractivity contribution in [2.24, 2.45) is 5.92 Å². The van der Waals surface area contributed by atoms with Crippen LogP contribution < -0.4 is 0 Å². The summed E-state index contributed by atoms with van der Waals surface area (Å²) in [6.45, 7) is 3.38. The first-order chi connectivity index (χ1) is 9.60. The second-order valence-electron chi connectivity index (χ2n) is 7.36. The predicted octanol–water partition coefficient (Wildman–Crippen LogP) is 2.65. The lowest BCUT2D eigenvalue weighted by Gasteiger charge is -2.59. The summed E-state index contributed by atoms with van der Waals surface area (Å²) in [6.07, 6.45) is 5.51. The summed E-state index contributed by atoms with van der Waals surface area (Å²) in [5.41, 5.74) is 4.74. The van der Waals surface area contributed by atoms with Gasteiger partial charge in [0.05, 0.1) is 6.10 Å². The molecule has 2 heteroatoms. The highest BCUT2D eigenvalue weighted by molar-refractivity contribution is 5.43. The lowest BCUT2D eigenvalue weighted by atomic mass is 9.52. The summed E-state index contributed by atoms with van der Waals surface area (Å²) in [6, 6.07) is 7.70. The first-order valence-electron chi connectivity index (χ1n) is 8.08. The Morgan fingerprint density at radius 1 is 1.30 bits per heavy atom. The fourth-order valence-corrected chi connectivity index (χ4v) is 5.32. The minimum atomic E-state index is -0.0956. The third-order valence-corrected chi connectivity index (χ3v) is 6.29. The smallest absolute Gasteiger partial charge is 0.0549 e. The quantitative estimate of drug-likeness (QED) is 0.784. The van der Waals surface area contributed by atoms with Crippen molar-refractivity contribution in [3.8, 4) is 0 Å². The van der Waals surface area contributed by atoms with Gasteiger partial charge in [-0.05, 0) is 69.7 Å². The molecule has 0 amide bonds. The van der Waals surface area contributed by atoms with E-state index < -0.39 is 0 Å². The Bertz CT molecular complexity index is 540. The molecule has 1 saturated heterocycles. The van der Waals surface area contributed by atoms with Crippen LogP contribution in [0.5, 0.6) is 0 Å². The fourth-order valence-electron chi connectivity index (χ4n) is 5.32. The van der Waals surface area contributed by atoms with Crippen LogP contribution in [0.25, 0.3) is 0 Å². The van der Waals surface area contributed by atoms with Crippen LogP contribution in [0.1, 0.15) is 42.4 Å². The number of hydrogen-bond acceptors (Lipinski definition) is 2. The number of fused-ring (bicyclic) bond motifs is 1. The van der Waals surface area contributed by atoms with Gasteiger partial charge in [0, 0.05) is 11.5 Å². The van der Waals surface area contributed by atoms with Crippen molar-refractivity contribution < 1.29 is 5.11 Å². The van der Waals surface area contributed by atoms with Gasteiger partial charge in [-0.2, -0.15) is 0 Å². The Labute approximate surface area is 121 Å². The van der Waals surface area contributed by atoms with Crippen LogP contribution in [0.3, 0.4) is 0 Å². The average Bonchev–Trinajstić information content (AvgIpc) is 2.43. The molecule has 1 aliphatic heterocycles. The van der Waals surface area contributed by atoms with E-state index in [4.69, 9.17) is 0 Å². The number of aryl methyl sites for hydroxylation is 1. The summed E-state index contributed by atoms with van der Waals surface area (Å²) >= 11 is 0. The molecule has 4 rings (SSSR count). The van der Waals surface area contributed by atoms with Gasteiger partial charge in [0.25, 0.3) is 0 Å². The molecule has 2 bridgehead atoms. The maximum atomic E-state index is 10.3. The summed E-state index contributed by atoms with van der Waals surface area (Å²) in [5.74, 6) is 0.749. The standard InChI is InChI=1S/C18H25NO/c1-12-3-4-13-10-17-15-6-5-14(20)11-18(15,16(13)9-12)7-8-19(17)2/h3-4,9,14-15,17,20H,5-8,10-11H2,1-2H3/t14-,15-,17+,18-/m0/s1. The second-order valence-corrected chi connectivity index (χ2v) is 7.36. The topological polar surface area (TPSA) is 23.5 Å². The molecule has 1 aromatic carbocycles. The van der Waals surface area contributed by atoms with Crippen molar-refractivity contribution in [3.63, 3.8) is 0 Å². The highest BCUT2D eigenvalue weighted by atomic mass is 16.3. The molecular formula is C18H25NO. The van der Waals surface area contributed by atoms with E-state index in [1.54, 1.807) is 5.56 Å². The molecule has 0 aromatic heterocycles. The van der Waals surface area contributed by atoms with Crippen molar-refractivity contribution in [1.82, 2.24) is 4.90 Å². The molecule has 1 saturated carbocycles. The Hall–Kier alpha value is -0.860. The zero-order valence-corrected chi connectivity index (χ0v) is 12.6. The molecule has 2 aliphatic carbocycles. The second kappa shape index (κ2) is 4.32. The van der Waals surface area contributed by atoms with Gasteiger partial charge in [0.15, 0.2) is 0 Å². The van der Waals surface area contributed by atoms with E-state index >= 15 is 0 Å². The van der Waals surface area contributed by atoms with E-state index in [0.717, 1.165) is 18.8 Å². The van der Waals surface area contributed by atoms with E-state index in [1.807, 2.05) is 0 Å². The highest BCUT2D eigenvalue weighted by Crippen LogP contribution is 2.55. The van der Waals surface area contributed by atoms with Crippen LogP contribution in [-0.4, -0.2) is 35.7 Å². The number of rotatable bonds is 0. The van der Waals surface area contributed by atoms with Crippen LogP contribution in [0.4, 0.5) is 0 Å². The Morgan fingerprint density at radius 3 is 3.00 bits per heavy atom. The minimum Gasteiger partial charge on any atom is -0.393 e. The molecule has 0 radical (unpaired) electrons. The van der Waals surface area contributed by atoms with E-state index in [2.05, 4.69) is 37.1 Å². The van der Waals surface area contributed by atoms with Crippen molar-refractivity contribution in [1.29, 1.82) is 0 Å². The largest absolute Gasteiger partial charge is 0.393 e. The number of aliphatic hydroxyl groups excluding tert-OH is 1. The van der Waals surface area contributed by atoms with Crippen LogP contribution >= 0.6 is 0 Å². The van der Waals surface area contributed by atoms with Crippen molar-refractivity contribution in [2.75, 3.05) is 13.6 Å². The molecule has 4 atom stereocenters. The molecule has 0 unspecified atom stereocenters. The van der Waals surface area contributed by atoms with Crippen LogP contribution in [0, 0.1) is 12.8 Å². The van der Waals surface area contributed by atoms with Gasteiger partial charge in [0.1, 0.15) is 0 Å². The van der Waals surface area contributed by atoms with Crippen molar-refractivity contribution in [2.45, 2.75) is 56.6 Å². The molecule has 1 aromatic rings. The average molecular weight is 271 g/mol. The third kappa shape index (κ3) is 1.64. The lowest BCUT2D eigenvalue weighted by Crippen LogP contribution is -2.61. The first-order valence-corrected chi connectivity index (χ1v) is 8.08. The Morgan fingerprint density at radius 2 is 2.15 bits per heavy atom. The SMILES string of the molecule is Cc1ccc2c(c1)[C@]13CCN(C)[C@H](C2)[C@@H]1CC[C@H](O)C3. The third-order valence-electron chi connectivity index (χ3n) is 6.29. The number of aliphatic hydroxyl groups is 1. The zero-order chi connectivity index (χ0) is 13.9. The van der Waals surface area contributed by atoms with E-state index in [1.165, 1.54) is 36.9 Å². The Balaban J connectivity index is 1.90. The van der Waals surface area contributed by atoms with Crippen molar-refractivity contribution >= 4 is 0 Å². The van der Waals surface area contributed by atoms with E-state index in [-0.39, 0.29) is 11.5 Å². The molecule has 20 heavy (non-hydrogen) atoms. The molecule has 1 N–H and O–H groups in total. The maximum Gasteiger partial charge on any atom is 0.0549 e. The van der Waals surface area contributed by atoms with Gasteiger partial charge in [-0.15, -0.1) is 0 Å². The normalized spacial score (nSPS) is 40.0. The molecule has 1 heterocycles. The van der Waals surface area contributed by atoms with Gasteiger partial charge in [-0.3, -0.25) is 0 Å². The molecule has 108 valence electrons. The summed E-state index contributed by atoms with van der Waals surface area (Å²) in [7, 11) is 2.29. The number of likely N-dealkylation sites (tertiary alicyclic amines) is 1. The number of likely N-dealkylation sites (N-methyl/N-ethyl adjacent to an activating group) is 1. The van der Waals surface area contributed by atoms with Crippen LogP contribution in [0.2, 0.25) is 0 Å². The molecule has 2 fully saturated rings. The highest BCUT2D eigenvalue weighted by Gasteiger charge is 2.54. The fraction of sp³-hybridized carbons (Fsp3) is 0.667. The number of benzene rings is 1. The summed E-state index contributed by atoms with van der Waals surface area (Å²) in [5, 5.41) is 10.3. The number of nitrogens with zero attached hydrogens (tertiary/aromatic N) is 1. The summed E-state index contributed by atoms with van der Waals surface area (Å²) < 4.78 is 0. The molecule has 3 aliphatic rings. The maximum absolute atomic E-state index is 10.3.